The Labute approximate surface area is 143 Å². The molecule has 0 bridgehead atoms. The predicted octanol–water partition coefficient (Wildman–Crippen LogP) is 2.53. The summed E-state index contributed by atoms with van der Waals surface area (Å²) in [7, 11) is 0. The van der Waals surface area contributed by atoms with Gasteiger partial charge in [0, 0.05) is 12.6 Å². The van der Waals surface area contributed by atoms with E-state index in [9.17, 15) is 4.79 Å². The van der Waals surface area contributed by atoms with E-state index in [2.05, 4.69) is 0 Å². The zero-order valence-electron chi connectivity index (χ0n) is 13.7. The fourth-order valence-corrected chi connectivity index (χ4v) is 3.13. The average Bonchev–Trinajstić information content (AvgIpc) is 3.02. The number of rotatable bonds is 3. The molecule has 2 aliphatic heterocycles. The number of benzene rings is 1. The largest absolute Gasteiger partial charge is 0.486 e. The number of likely N-dealkylation sites (tertiary alicyclic amines) is 1. The second-order valence-corrected chi connectivity index (χ2v) is 6.24. The summed E-state index contributed by atoms with van der Waals surface area (Å²) in [5.74, 6) is 1.56. The molecule has 0 saturated carbocycles. The van der Waals surface area contributed by atoms with Crippen molar-refractivity contribution in [1.29, 1.82) is 0 Å². The van der Waals surface area contributed by atoms with E-state index in [4.69, 9.17) is 15.2 Å². The summed E-state index contributed by atoms with van der Waals surface area (Å²) in [6, 6.07) is 5.99. The molecule has 0 aromatic heterocycles. The molecule has 6 heteroatoms. The van der Waals surface area contributed by atoms with Crippen LogP contribution in [0.1, 0.15) is 38.3 Å². The molecule has 2 aliphatic rings. The normalized spacial score (nSPS) is 22.2. The smallest absolute Gasteiger partial charge is 0.227 e. The predicted molar refractivity (Wildman–Crippen MR) is 91.2 cm³/mol. The number of amides is 1. The number of carbonyl (C=O) groups is 1. The maximum atomic E-state index is 12.6. The van der Waals surface area contributed by atoms with Crippen LogP contribution < -0.4 is 15.2 Å². The Kier molecular flexibility index (Phi) is 5.76. The van der Waals surface area contributed by atoms with Gasteiger partial charge in [-0.1, -0.05) is 13.0 Å². The number of hydrogen-bond donors (Lipinski definition) is 1. The molecule has 23 heavy (non-hydrogen) atoms. The van der Waals surface area contributed by atoms with Gasteiger partial charge in [0.25, 0.3) is 0 Å². The number of ether oxygens (including phenoxy) is 2. The molecule has 128 valence electrons. The summed E-state index contributed by atoms with van der Waals surface area (Å²) in [6.07, 6.45) is 2.01. The third-order valence-electron chi connectivity index (χ3n) is 4.67. The summed E-state index contributed by atoms with van der Waals surface area (Å²) in [6.45, 7) is 5.76. The van der Waals surface area contributed by atoms with Crippen LogP contribution in [0.5, 0.6) is 11.5 Å². The lowest BCUT2D eigenvalue weighted by Gasteiger charge is -2.30. The van der Waals surface area contributed by atoms with E-state index in [1.54, 1.807) is 0 Å². The molecule has 1 aromatic rings. The Morgan fingerprint density at radius 1 is 1.26 bits per heavy atom. The minimum atomic E-state index is -0.155. The molecular formula is C17H25ClN2O3. The van der Waals surface area contributed by atoms with Crippen molar-refractivity contribution < 1.29 is 14.3 Å². The molecule has 2 heterocycles. The Bertz CT molecular complexity index is 565. The van der Waals surface area contributed by atoms with Crippen molar-refractivity contribution in [2.45, 2.75) is 38.8 Å². The summed E-state index contributed by atoms with van der Waals surface area (Å²) in [5, 5.41) is 0. The second kappa shape index (κ2) is 7.41. The number of nitrogens with zero attached hydrogens (tertiary/aromatic N) is 1. The van der Waals surface area contributed by atoms with Crippen molar-refractivity contribution in [2.24, 2.45) is 11.7 Å². The molecule has 2 N–H and O–H groups in total. The molecule has 3 rings (SSSR count). The number of nitrogens with two attached hydrogens (primary N) is 1. The quantitative estimate of drug-likeness (QED) is 0.918. The number of fused-ring (bicyclic) bond motifs is 1. The van der Waals surface area contributed by atoms with Gasteiger partial charge in [0.15, 0.2) is 11.5 Å². The first-order chi connectivity index (χ1) is 10.6. The molecule has 0 aliphatic carbocycles. The zero-order valence-corrected chi connectivity index (χ0v) is 14.5. The standard InChI is InChI=1S/C17H24N2O3.ClH/c1-11(12(2)18)17(20)19-7-3-4-14(19)13-5-6-15-16(10-13)22-9-8-21-15;/h5-6,10-12,14H,3-4,7-9,18H2,1-2H3;1H. The highest BCUT2D eigenvalue weighted by atomic mass is 35.5. The highest BCUT2D eigenvalue weighted by Gasteiger charge is 2.34. The highest BCUT2D eigenvalue weighted by Crippen LogP contribution is 2.38. The van der Waals surface area contributed by atoms with Gasteiger partial charge in [-0.15, -0.1) is 12.4 Å². The maximum Gasteiger partial charge on any atom is 0.227 e. The van der Waals surface area contributed by atoms with Crippen molar-refractivity contribution in [1.82, 2.24) is 4.90 Å². The molecule has 0 spiro atoms. The van der Waals surface area contributed by atoms with Gasteiger partial charge in [0.05, 0.1) is 12.0 Å². The Hall–Kier alpha value is -1.46. The van der Waals surface area contributed by atoms with E-state index in [-0.39, 0.29) is 36.3 Å². The van der Waals surface area contributed by atoms with E-state index in [0.29, 0.717) is 13.2 Å². The molecule has 3 unspecified atom stereocenters. The molecule has 0 radical (unpaired) electrons. The van der Waals surface area contributed by atoms with E-state index in [1.165, 1.54) is 0 Å². The van der Waals surface area contributed by atoms with Crippen LogP contribution in [0.15, 0.2) is 18.2 Å². The Morgan fingerprint density at radius 2 is 1.96 bits per heavy atom. The van der Waals surface area contributed by atoms with Crippen LogP contribution in [0.25, 0.3) is 0 Å². The maximum absolute atomic E-state index is 12.6. The lowest BCUT2D eigenvalue weighted by molar-refractivity contribution is -0.136. The van der Waals surface area contributed by atoms with E-state index in [0.717, 1.165) is 36.4 Å². The molecular weight excluding hydrogens is 316 g/mol. The Balaban J connectivity index is 0.00000192. The van der Waals surface area contributed by atoms with Crippen LogP contribution in [-0.4, -0.2) is 36.6 Å². The van der Waals surface area contributed by atoms with Crippen molar-refractivity contribution in [3.8, 4) is 11.5 Å². The minimum Gasteiger partial charge on any atom is -0.486 e. The summed E-state index contributed by atoms with van der Waals surface area (Å²) in [5.41, 5.74) is 7.01. The Morgan fingerprint density at radius 3 is 2.65 bits per heavy atom. The average molecular weight is 341 g/mol. The second-order valence-electron chi connectivity index (χ2n) is 6.24. The van der Waals surface area contributed by atoms with Gasteiger partial charge in [0.2, 0.25) is 5.91 Å². The van der Waals surface area contributed by atoms with Crippen molar-refractivity contribution in [2.75, 3.05) is 19.8 Å². The van der Waals surface area contributed by atoms with E-state index >= 15 is 0 Å². The highest BCUT2D eigenvalue weighted by molar-refractivity contribution is 5.85. The number of hydrogen-bond acceptors (Lipinski definition) is 4. The van der Waals surface area contributed by atoms with Crippen LogP contribution in [-0.2, 0) is 4.79 Å². The lowest BCUT2D eigenvalue weighted by Crippen LogP contribution is -2.41. The first-order valence-corrected chi connectivity index (χ1v) is 8.03. The van der Waals surface area contributed by atoms with Crippen molar-refractivity contribution in [3.05, 3.63) is 23.8 Å². The molecule has 5 nitrogen and oxygen atoms in total. The van der Waals surface area contributed by atoms with Crippen LogP contribution in [0.3, 0.4) is 0 Å². The third-order valence-corrected chi connectivity index (χ3v) is 4.67. The van der Waals surface area contributed by atoms with Gasteiger partial charge < -0.3 is 20.1 Å². The molecule has 1 saturated heterocycles. The molecule has 1 amide bonds. The van der Waals surface area contributed by atoms with Gasteiger partial charge >= 0.3 is 0 Å². The summed E-state index contributed by atoms with van der Waals surface area (Å²) >= 11 is 0. The van der Waals surface area contributed by atoms with E-state index < -0.39 is 0 Å². The van der Waals surface area contributed by atoms with Gasteiger partial charge in [0.1, 0.15) is 13.2 Å². The van der Waals surface area contributed by atoms with Crippen molar-refractivity contribution >= 4 is 18.3 Å². The van der Waals surface area contributed by atoms with Gasteiger partial charge in [-0.25, -0.2) is 0 Å². The van der Waals surface area contributed by atoms with Crippen LogP contribution in [0, 0.1) is 5.92 Å². The number of halogens is 1. The fourth-order valence-electron chi connectivity index (χ4n) is 3.13. The molecule has 1 fully saturated rings. The molecule has 3 atom stereocenters. The topological polar surface area (TPSA) is 64.8 Å². The SMILES string of the molecule is CC(N)C(C)C(=O)N1CCCC1c1ccc2c(c1)OCCO2.Cl. The molecule has 1 aromatic carbocycles. The van der Waals surface area contributed by atoms with Crippen LogP contribution in [0.4, 0.5) is 0 Å². The van der Waals surface area contributed by atoms with Crippen LogP contribution >= 0.6 is 12.4 Å². The summed E-state index contributed by atoms with van der Waals surface area (Å²) < 4.78 is 11.2. The van der Waals surface area contributed by atoms with E-state index in [1.807, 2.05) is 36.9 Å². The first-order valence-electron chi connectivity index (χ1n) is 8.03. The fraction of sp³-hybridized carbons (Fsp3) is 0.588. The van der Waals surface area contributed by atoms with Crippen LogP contribution in [0.2, 0.25) is 0 Å². The zero-order chi connectivity index (χ0) is 15.7. The van der Waals surface area contributed by atoms with Gasteiger partial charge in [-0.3, -0.25) is 4.79 Å². The monoisotopic (exact) mass is 340 g/mol. The number of carbonyl (C=O) groups excluding carboxylic acids is 1. The van der Waals surface area contributed by atoms with Gasteiger partial charge in [-0.05, 0) is 37.5 Å². The minimum absolute atomic E-state index is 0. The van der Waals surface area contributed by atoms with Gasteiger partial charge in [-0.2, -0.15) is 0 Å². The first kappa shape index (κ1) is 17.9. The third kappa shape index (κ3) is 3.56. The lowest BCUT2D eigenvalue weighted by atomic mass is 9.99. The van der Waals surface area contributed by atoms with Crippen molar-refractivity contribution in [3.63, 3.8) is 0 Å². The summed E-state index contributed by atoms with van der Waals surface area (Å²) in [4.78, 5) is 14.6.